The van der Waals surface area contributed by atoms with Crippen molar-refractivity contribution in [1.82, 2.24) is 5.32 Å². The van der Waals surface area contributed by atoms with E-state index in [1.807, 2.05) is 13.0 Å². The lowest BCUT2D eigenvalue weighted by Gasteiger charge is -2.08. The molecular formula is C15H15FN2OS. The summed E-state index contributed by atoms with van der Waals surface area (Å²) in [5.41, 5.74) is 6.97. The average molecular weight is 290 g/mol. The van der Waals surface area contributed by atoms with E-state index >= 15 is 0 Å². The molecule has 0 aliphatic carbocycles. The Morgan fingerprint density at radius 3 is 2.75 bits per heavy atom. The number of rotatable bonds is 4. The molecule has 0 aromatic heterocycles. The van der Waals surface area contributed by atoms with Crippen molar-refractivity contribution in [2.75, 3.05) is 12.3 Å². The lowest BCUT2D eigenvalue weighted by Crippen LogP contribution is -2.22. The summed E-state index contributed by atoms with van der Waals surface area (Å²) in [5, 5.41) is 2.71. The van der Waals surface area contributed by atoms with Crippen LogP contribution in [-0.2, 0) is 0 Å². The topological polar surface area (TPSA) is 55.1 Å². The SMILES string of the molecule is CCNC(=O)c1ccc(Sc2cccc(F)c2)c(N)c1. The maximum atomic E-state index is 13.1. The van der Waals surface area contributed by atoms with Crippen LogP contribution in [0.5, 0.6) is 0 Å². The summed E-state index contributed by atoms with van der Waals surface area (Å²) < 4.78 is 13.1. The molecule has 0 unspecified atom stereocenters. The Labute approximate surface area is 121 Å². The molecule has 0 atom stereocenters. The Bertz CT molecular complexity index is 631. The number of amides is 1. The number of nitrogen functional groups attached to an aromatic ring is 1. The van der Waals surface area contributed by atoms with Gasteiger partial charge in [-0.25, -0.2) is 4.39 Å². The van der Waals surface area contributed by atoms with Crippen LogP contribution >= 0.6 is 11.8 Å². The molecular weight excluding hydrogens is 275 g/mol. The van der Waals surface area contributed by atoms with Crippen LogP contribution in [0.3, 0.4) is 0 Å². The van der Waals surface area contributed by atoms with E-state index in [0.29, 0.717) is 17.8 Å². The monoisotopic (exact) mass is 290 g/mol. The first-order chi connectivity index (χ1) is 9.60. The third kappa shape index (κ3) is 3.51. The summed E-state index contributed by atoms with van der Waals surface area (Å²) in [6, 6.07) is 11.4. The molecule has 2 rings (SSSR count). The van der Waals surface area contributed by atoms with Gasteiger partial charge < -0.3 is 11.1 Å². The molecule has 1 amide bonds. The lowest BCUT2D eigenvalue weighted by atomic mass is 10.2. The Kier molecular flexibility index (Phi) is 4.63. The molecule has 3 nitrogen and oxygen atoms in total. The third-order valence-electron chi connectivity index (χ3n) is 2.63. The Morgan fingerprint density at radius 2 is 2.10 bits per heavy atom. The molecule has 2 aromatic carbocycles. The van der Waals surface area contributed by atoms with Crippen LogP contribution in [0, 0.1) is 5.82 Å². The Balaban J connectivity index is 2.20. The third-order valence-corrected chi connectivity index (χ3v) is 3.71. The molecule has 0 radical (unpaired) electrons. The van der Waals surface area contributed by atoms with E-state index in [1.54, 1.807) is 24.3 Å². The molecule has 0 bridgehead atoms. The van der Waals surface area contributed by atoms with Gasteiger partial charge in [0.05, 0.1) is 0 Å². The van der Waals surface area contributed by atoms with Crippen LogP contribution in [-0.4, -0.2) is 12.5 Å². The van der Waals surface area contributed by atoms with E-state index < -0.39 is 0 Å². The van der Waals surface area contributed by atoms with Crippen LogP contribution in [0.25, 0.3) is 0 Å². The minimum Gasteiger partial charge on any atom is -0.398 e. The number of nitrogens with two attached hydrogens (primary N) is 1. The smallest absolute Gasteiger partial charge is 0.251 e. The van der Waals surface area contributed by atoms with Crippen molar-refractivity contribution in [2.24, 2.45) is 0 Å². The van der Waals surface area contributed by atoms with Gasteiger partial charge in [-0.1, -0.05) is 17.8 Å². The molecule has 0 aliphatic rings. The number of hydrogen-bond donors (Lipinski definition) is 2. The number of nitrogens with one attached hydrogen (secondary N) is 1. The van der Waals surface area contributed by atoms with Crippen molar-refractivity contribution in [3.63, 3.8) is 0 Å². The molecule has 104 valence electrons. The minimum atomic E-state index is -0.285. The summed E-state index contributed by atoms with van der Waals surface area (Å²) in [5.74, 6) is -0.436. The highest BCUT2D eigenvalue weighted by Gasteiger charge is 2.08. The number of benzene rings is 2. The van der Waals surface area contributed by atoms with Crippen molar-refractivity contribution in [3.8, 4) is 0 Å². The van der Waals surface area contributed by atoms with Crippen molar-refractivity contribution >= 4 is 23.4 Å². The van der Waals surface area contributed by atoms with Crippen molar-refractivity contribution in [2.45, 2.75) is 16.7 Å². The van der Waals surface area contributed by atoms with Gasteiger partial charge in [-0.15, -0.1) is 0 Å². The molecule has 3 N–H and O–H groups in total. The molecule has 2 aromatic rings. The molecule has 5 heteroatoms. The summed E-state index contributed by atoms with van der Waals surface area (Å²) in [6.45, 7) is 2.42. The van der Waals surface area contributed by atoms with E-state index in [9.17, 15) is 9.18 Å². The van der Waals surface area contributed by atoms with Gasteiger partial charge in [-0.05, 0) is 43.3 Å². The first-order valence-corrected chi connectivity index (χ1v) is 7.03. The zero-order valence-corrected chi connectivity index (χ0v) is 11.8. The molecule has 0 aliphatic heterocycles. The van der Waals surface area contributed by atoms with Crippen LogP contribution in [0.2, 0.25) is 0 Å². The van der Waals surface area contributed by atoms with Gasteiger partial charge in [0.1, 0.15) is 5.82 Å². The minimum absolute atomic E-state index is 0.151. The fourth-order valence-corrected chi connectivity index (χ4v) is 2.59. The number of anilines is 1. The highest BCUT2D eigenvalue weighted by Crippen LogP contribution is 2.32. The van der Waals surface area contributed by atoms with E-state index in [-0.39, 0.29) is 11.7 Å². The van der Waals surface area contributed by atoms with Crippen LogP contribution in [0.15, 0.2) is 52.3 Å². The first-order valence-electron chi connectivity index (χ1n) is 6.21. The molecule has 0 heterocycles. The van der Waals surface area contributed by atoms with Crippen LogP contribution in [0.4, 0.5) is 10.1 Å². The molecule has 20 heavy (non-hydrogen) atoms. The Hall–Kier alpha value is -2.01. The number of carbonyl (C=O) groups is 1. The van der Waals surface area contributed by atoms with Gasteiger partial charge >= 0.3 is 0 Å². The van der Waals surface area contributed by atoms with E-state index in [0.717, 1.165) is 9.79 Å². The number of hydrogen-bond acceptors (Lipinski definition) is 3. The fourth-order valence-electron chi connectivity index (χ4n) is 1.70. The van der Waals surface area contributed by atoms with Gasteiger partial charge in [0, 0.05) is 27.6 Å². The lowest BCUT2D eigenvalue weighted by molar-refractivity contribution is 0.0956. The largest absolute Gasteiger partial charge is 0.398 e. The van der Waals surface area contributed by atoms with E-state index in [1.165, 1.54) is 23.9 Å². The maximum Gasteiger partial charge on any atom is 0.251 e. The molecule has 0 fully saturated rings. The zero-order chi connectivity index (χ0) is 14.5. The zero-order valence-electron chi connectivity index (χ0n) is 11.0. The highest BCUT2D eigenvalue weighted by atomic mass is 32.2. The summed E-state index contributed by atoms with van der Waals surface area (Å²) in [4.78, 5) is 13.2. The maximum absolute atomic E-state index is 13.1. The van der Waals surface area contributed by atoms with Crippen molar-refractivity contribution in [3.05, 3.63) is 53.8 Å². The van der Waals surface area contributed by atoms with Gasteiger partial charge in [0.2, 0.25) is 0 Å². The standard InChI is InChI=1S/C15H15FN2OS/c1-2-18-15(19)10-6-7-14(13(17)8-10)20-12-5-3-4-11(16)9-12/h3-9H,2,17H2,1H3,(H,18,19). The van der Waals surface area contributed by atoms with E-state index in [2.05, 4.69) is 5.32 Å². The van der Waals surface area contributed by atoms with Gasteiger partial charge in [0.15, 0.2) is 0 Å². The summed E-state index contributed by atoms with van der Waals surface area (Å²) in [6.07, 6.45) is 0. The second-order valence-electron chi connectivity index (χ2n) is 4.17. The molecule has 0 saturated carbocycles. The molecule has 0 saturated heterocycles. The summed E-state index contributed by atoms with van der Waals surface area (Å²) in [7, 11) is 0. The summed E-state index contributed by atoms with van der Waals surface area (Å²) >= 11 is 1.37. The second-order valence-corrected chi connectivity index (χ2v) is 5.29. The van der Waals surface area contributed by atoms with E-state index in [4.69, 9.17) is 5.73 Å². The van der Waals surface area contributed by atoms with Crippen molar-refractivity contribution in [1.29, 1.82) is 0 Å². The second kappa shape index (κ2) is 6.43. The molecule has 0 spiro atoms. The van der Waals surface area contributed by atoms with Gasteiger partial charge in [0.25, 0.3) is 5.91 Å². The van der Waals surface area contributed by atoms with Crippen LogP contribution < -0.4 is 11.1 Å². The van der Waals surface area contributed by atoms with Crippen molar-refractivity contribution < 1.29 is 9.18 Å². The van der Waals surface area contributed by atoms with Gasteiger partial charge in [-0.3, -0.25) is 4.79 Å². The average Bonchev–Trinajstić information content (AvgIpc) is 2.41. The highest BCUT2D eigenvalue weighted by molar-refractivity contribution is 7.99. The fraction of sp³-hybridized carbons (Fsp3) is 0.133. The Morgan fingerprint density at radius 1 is 1.30 bits per heavy atom. The number of halogens is 1. The van der Waals surface area contributed by atoms with Crippen LogP contribution in [0.1, 0.15) is 17.3 Å². The number of carbonyl (C=O) groups excluding carboxylic acids is 1. The normalized spacial score (nSPS) is 10.3. The predicted octanol–water partition coefficient (Wildman–Crippen LogP) is 3.31. The van der Waals surface area contributed by atoms with Gasteiger partial charge in [-0.2, -0.15) is 0 Å². The first kappa shape index (κ1) is 14.4. The quantitative estimate of drug-likeness (QED) is 0.849. The predicted molar refractivity (Wildman–Crippen MR) is 79.4 cm³/mol.